The predicted octanol–water partition coefficient (Wildman–Crippen LogP) is -0.327. The lowest BCUT2D eigenvalue weighted by atomic mass is 10.3. The van der Waals surface area contributed by atoms with Crippen molar-refractivity contribution < 1.29 is 18.9 Å². The van der Waals surface area contributed by atoms with Gasteiger partial charge in [-0.25, -0.2) is 0 Å². The molecule has 8 heteroatoms. The Morgan fingerprint density at radius 1 is 0.733 bits per heavy atom. The molecule has 0 aliphatic carbocycles. The monoisotopic (exact) mass is 208 g/mol. The lowest BCUT2D eigenvalue weighted by Gasteiger charge is -2.23. The third-order valence-electron chi connectivity index (χ3n) is 1.18. The average molecular weight is 208 g/mol. The van der Waals surface area contributed by atoms with E-state index in [9.17, 15) is 0 Å². The van der Waals surface area contributed by atoms with Crippen molar-refractivity contribution in [1.29, 1.82) is 21.0 Å². The van der Waals surface area contributed by atoms with Gasteiger partial charge in [-0.15, -0.1) is 0 Å². The molecule has 8 nitrogen and oxygen atoms in total. The zero-order chi connectivity index (χ0) is 11.6. The van der Waals surface area contributed by atoms with Gasteiger partial charge in [-0.05, 0) is 0 Å². The van der Waals surface area contributed by atoms with Crippen LogP contribution in [-0.4, -0.2) is 19.0 Å². The zero-order valence-corrected chi connectivity index (χ0v) is 7.34. The Bertz CT molecular complexity index is 319. The first-order valence-electron chi connectivity index (χ1n) is 3.40. The van der Waals surface area contributed by atoms with E-state index in [2.05, 4.69) is 18.9 Å². The molecule has 0 atom stereocenters. The van der Waals surface area contributed by atoms with E-state index in [1.807, 2.05) is 0 Å². The SMILES string of the molecule is N#COCC(COC#N)(OC#N)OC#N. The fraction of sp³-hybridized carbons (Fsp3) is 0.429. The number of hydrogen-bond acceptors (Lipinski definition) is 8. The quantitative estimate of drug-likeness (QED) is 0.428. The van der Waals surface area contributed by atoms with Crippen LogP contribution in [0.3, 0.4) is 0 Å². The Balaban J connectivity index is 4.60. The van der Waals surface area contributed by atoms with E-state index in [0.717, 1.165) is 0 Å². The molecular formula is C7H4N4O4. The van der Waals surface area contributed by atoms with Gasteiger partial charge in [0.15, 0.2) is 13.2 Å². The largest absolute Gasteiger partial charge is 0.419 e. The summed E-state index contributed by atoms with van der Waals surface area (Å²) >= 11 is 0. The lowest BCUT2D eigenvalue weighted by molar-refractivity contribution is -0.204. The van der Waals surface area contributed by atoms with Crippen molar-refractivity contribution in [2.24, 2.45) is 0 Å². The number of ether oxygens (including phenoxy) is 4. The topological polar surface area (TPSA) is 132 Å². The minimum Gasteiger partial charge on any atom is -0.419 e. The molecule has 0 N–H and O–H groups in total. The van der Waals surface area contributed by atoms with E-state index in [-0.39, 0.29) is 0 Å². The summed E-state index contributed by atoms with van der Waals surface area (Å²) in [6.45, 7) is -1.10. The van der Waals surface area contributed by atoms with Crippen LogP contribution < -0.4 is 0 Å². The summed E-state index contributed by atoms with van der Waals surface area (Å²) in [6.07, 6.45) is 5.11. The summed E-state index contributed by atoms with van der Waals surface area (Å²) < 4.78 is 17.3. The van der Waals surface area contributed by atoms with Crippen LogP contribution in [0.1, 0.15) is 0 Å². The second-order valence-electron chi connectivity index (χ2n) is 2.06. The van der Waals surface area contributed by atoms with Crippen LogP contribution in [0.25, 0.3) is 0 Å². The van der Waals surface area contributed by atoms with Gasteiger partial charge in [-0.3, -0.25) is 0 Å². The summed E-state index contributed by atoms with van der Waals surface area (Å²) in [6, 6.07) is 0. The Kier molecular flexibility index (Phi) is 5.39. The Labute approximate surface area is 85.0 Å². The molecule has 0 bridgehead atoms. The van der Waals surface area contributed by atoms with Crippen molar-refractivity contribution in [3.8, 4) is 25.0 Å². The van der Waals surface area contributed by atoms with E-state index in [1.165, 1.54) is 25.0 Å². The van der Waals surface area contributed by atoms with E-state index in [1.54, 1.807) is 0 Å². The number of rotatable bonds is 6. The van der Waals surface area contributed by atoms with Crippen LogP contribution >= 0.6 is 0 Å². The first kappa shape index (κ1) is 12.2. The van der Waals surface area contributed by atoms with Crippen molar-refractivity contribution in [1.82, 2.24) is 0 Å². The normalized spacial score (nSPS) is 8.27. The highest BCUT2D eigenvalue weighted by Gasteiger charge is 2.38. The summed E-state index contributed by atoms with van der Waals surface area (Å²) in [7, 11) is 0. The van der Waals surface area contributed by atoms with Gasteiger partial charge in [0.25, 0.3) is 25.0 Å². The third kappa shape index (κ3) is 4.07. The first-order chi connectivity index (χ1) is 7.24. The Hall–Kier alpha value is -2.84. The second kappa shape index (κ2) is 6.65. The maximum Gasteiger partial charge on any atom is 0.343 e. The van der Waals surface area contributed by atoms with Crippen molar-refractivity contribution >= 4 is 0 Å². The van der Waals surface area contributed by atoms with Crippen molar-refractivity contribution in [3.05, 3.63) is 0 Å². The molecule has 0 aromatic carbocycles. The Morgan fingerprint density at radius 3 is 1.40 bits per heavy atom. The van der Waals surface area contributed by atoms with Gasteiger partial charge >= 0.3 is 5.79 Å². The number of hydrogen-bond donors (Lipinski definition) is 0. The maximum atomic E-state index is 8.29. The molecule has 0 unspecified atom stereocenters. The molecule has 0 fully saturated rings. The van der Waals surface area contributed by atoms with Crippen LogP contribution in [0.2, 0.25) is 0 Å². The molecule has 0 spiro atoms. The molecule has 0 aromatic heterocycles. The molecular weight excluding hydrogens is 204 g/mol. The molecule has 0 saturated heterocycles. The predicted molar refractivity (Wildman–Crippen MR) is 39.3 cm³/mol. The highest BCUT2D eigenvalue weighted by Crippen LogP contribution is 2.13. The molecule has 0 saturated carbocycles. The highest BCUT2D eigenvalue weighted by atomic mass is 16.7. The molecule has 0 rings (SSSR count). The summed E-state index contributed by atoms with van der Waals surface area (Å²) in [5.41, 5.74) is 0. The van der Waals surface area contributed by atoms with E-state index >= 15 is 0 Å². The van der Waals surface area contributed by atoms with E-state index in [4.69, 9.17) is 21.0 Å². The molecule has 0 aromatic rings. The van der Waals surface area contributed by atoms with Gasteiger partial charge < -0.3 is 18.9 Å². The van der Waals surface area contributed by atoms with Crippen molar-refractivity contribution in [2.45, 2.75) is 5.79 Å². The minimum atomic E-state index is -1.91. The van der Waals surface area contributed by atoms with Crippen molar-refractivity contribution in [3.63, 3.8) is 0 Å². The highest BCUT2D eigenvalue weighted by molar-refractivity contribution is 4.79. The van der Waals surface area contributed by atoms with Gasteiger partial charge in [-0.2, -0.15) is 21.0 Å². The average Bonchev–Trinajstić information content (AvgIpc) is 2.24. The third-order valence-corrected chi connectivity index (χ3v) is 1.18. The minimum absolute atomic E-state index is 0.549. The van der Waals surface area contributed by atoms with Gasteiger partial charge in [-0.1, -0.05) is 0 Å². The molecule has 0 heterocycles. The molecule has 0 amide bonds. The van der Waals surface area contributed by atoms with Crippen LogP contribution in [-0.2, 0) is 18.9 Å². The van der Waals surface area contributed by atoms with Crippen LogP contribution in [0, 0.1) is 46.1 Å². The van der Waals surface area contributed by atoms with Gasteiger partial charge in [0.2, 0.25) is 0 Å². The van der Waals surface area contributed by atoms with E-state index < -0.39 is 19.0 Å². The Morgan fingerprint density at radius 2 is 1.13 bits per heavy atom. The van der Waals surface area contributed by atoms with Gasteiger partial charge in [0, 0.05) is 0 Å². The number of nitrogens with zero attached hydrogens (tertiary/aromatic N) is 4. The molecule has 15 heavy (non-hydrogen) atoms. The zero-order valence-electron chi connectivity index (χ0n) is 7.34. The summed E-state index contributed by atoms with van der Waals surface area (Å²) in [5, 5.41) is 32.9. The standard InChI is InChI=1S/C7H4N4O4/c8-3-12-1-7(14-5-10,15-6-11)2-13-4-9/h1-2H2. The maximum absolute atomic E-state index is 8.29. The molecule has 76 valence electrons. The summed E-state index contributed by atoms with van der Waals surface area (Å²) in [4.78, 5) is 0. The van der Waals surface area contributed by atoms with Gasteiger partial charge in [0.05, 0.1) is 0 Å². The molecule has 0 aliphatic rings. The fourth-order valence-electron chi connectivity index (χ4n) is 0.631. The molecule has 0 radical (unpaired) electrons. The van der Waals surface area contributed by atoms with Crippen LogP contribution in [0.4, 0.5) is 0 Å². The van der Waals surface area contributed by atoms with Crippen LogP contribution in [0.15, 0.2) is 0 Å². The van der Waals surface area contributed by atoms with Gasteiger partial charge in [0.1, 0.15) is 0 Å². The summed E-state index contributed by atoms with van der Waals surface area (Å²) in [5.74, 6) is -1.91. The smallest absolute Gasteiger partial charge is 0.343 e. The molecule has 0 aliphatic heterocycles. The fourth-order valence-corrected chi connectivity index (χ4v) is 0.631. The second-order valence-corrected chi connectivity index (χ2v) is 2.06. The lowest BCUT2D eigenvalue weighted by Crippen LogP contribution is -2.42. The van der Waals surface area contributed by atoms with E-state index in [0.29, 0.717) is 0 Å². The van der Waals surface area contributed by atoms with Crippen LogP contribution in [0.5, 0.6) is 0 Å². The first-order valence-corrected chi connectivity index (χ1v) is 3.40. The number of nitriles is 4. The van der Waals surface area contributed by atoms with Crippen molar-refractivity contribution in [2.75, 3.05) is 13.2 Å².